The van der Waals surface area contributed by atoms with Crippen LogP contribution in [0.3, 0.4) is 0 Å². The maximum absolute atomic E-state index is 5.80. The monoisotopic (exact) mass is 187 g/mol. The summed E-state index contributed by atoms with van der Waals surface area (Å²) in [7, 11) is 0. The van der Waals surface area contributed by atoms with Gasteiger partial charge < -0.3 is 11.5 Å². The zero-order valence-corrected chi connectivity index (χ0v) is 8.12. The molecule has 0 saturated heterocycles. The smallest absolute Gasteiger partial charge is 0.131 e. The number of pyridine rings is 1. The molecule has 72 valence electrons. The van der Waals surface area contributed by atoms with Crippen molar-refractivity contribution in [1.82, 2.24) is 4.98 Å². The highest BCUT2D eigenvalue weighted by atomic mass is 14.8. The van der Waals surface area contributed by atoms with Gasteiger partial charge in [0.25, 0.3) is 0 Å². The van der Waals surface area contributed by atoms with Crippen molar-refractivity contribution in [2.45, 2.75) is 13.5 Å². The molecule has 14 heavy (non-hydrogen) atoms. The van der Waals surface area contributed by atoms with Crippen LogP contribution in [0.4, 0.5) is 5.82 Å². The Morgan fingerprint density at radius 2 is 2.07 bits per heavy atom. The van der Waals surface area contributed by atoms with Crippen LogP contribution >= 0.6 is 0 Å². The van der Waals surface area contributed by atoms with Gasteiger partial charge in [-0.05, 0) is 29.5 Å². The van der Waals surface area contributed by atoms with Gasteiger partial charge in [-0.25, -0.2) is 4.98 Å². The van der Waals surface area contributed by atoms with Crippen LogP contribution in [0.25, 0.3) is 10.8 Å². The van der Waals surface area contributed by atoms with Crippen LogP contribution in [0.5, 0.6) is 0 Å². The van der Waals surface area contributed by atoms with Crippen molar-refractivity contribution in [3.63, 3.8) is 0 Å². The first-order valence-electron chi connectivity index (χ1n) is 4.56. The van der Waals surface area contributed by atoms with E-state index in [1.807, 2.05) is 25.1 Å². The second-order valence-electron chi connectivity index (χ2n) is 3.41. The molecule has 1 aromatic heterocycles. The fraction of sp³-hybridized carbons (Fsp3) is 0.182. The Morgan fingerprint density at radius 3 is 2.79 bits per heavy atom. The number of nitrogens with two attached hydrogens (primary N) is 2. The summed E-state index contributed by atoms with van der Waals surface area (Å²) in [5.74, 6) is 0.570. The van der Waals surface area contributed by atoms with E-state index in [0.717, 1.165) is 21.9 Å². The van der Waals surface area contributed by atoms with Crippen LogP contribution in [-0.4, -0.2) is 4.98 Å². The molecule has 0 aliphatic carbocycles. The van der Waals surface area contributed by atoms with Crippen molar-refractivity contribution < 1.29 is 0 Å². The highest BCUT2D eigenvalue weighted by Gasteiger charge is 2.02. The van der Waals surface area contributed by atoms with Crippen molar-refractivity contribution in [3.8, 4) is 0 Å². The minimum Gasteiger partial charge on any atom is -0.383 e. The molecule has 0 unspecified atom stereocenters. The second-order valence-corrected chi connectivity index (χ2v) is 3.41. The third kappa shape index (κ3) is 1.32. The molecule has 0 atom stereocenters. The number of benzene rings is 1. The summed E-state index contributed by atoms with van der Waals surface area (Å²) in [6.07, 6.45) is 1.79. The minimum absolute atomic E-state index is 0.531. The predicted octanol–water partition coefficient (Wildman–Crippen LogP) is 1.58. The molecule has 2 rings (SSSR count). The number of hydrogen-bond donors (Lipinski definition) is 2. The summed E-state index contributed by atoms with van der Waals surface area (Å²) in [5, 5.41) is 2.14. The molecule has 3 heteroatoms. The van der Waals surface area contributed by atoms with Gasteiger partial charge in [0.1, 0.15) is 5.82 Å². The SMILES string of the molecule is Cc1cnc(N)c2cc(CN)ccc12. The molecule has 0 radical (unpaired) electrons. The Kier molecular flexibility index (Phi) is 2.09. The zero-order chi connectivity index (χ0) is 10.1. The van der Waals surface area contributed by atoms with Gasteiger partial charge in [0.2, 0.25) is 0 Å². The molecule has 1 heterocycles. The maximum atomic E-state index is 5.80. The van der Waals surface area contributed by atoms with Gasteiger partial charge in [-0.2, -0.15) is 0 Å². The minimum atomic E-state index is 0.531. The zero-order valence-electron chi connectivity index (χ0n) is 8.12. The molecular formula is C11H13N3. The quantitative estimate of drug-likeness (QED) is 0.712. The number of anilines is 1. The van der Waals surface area contributed by atoms with Crippen LogP contribution in [0, 0.1) is 6.92 Å². The topological polar surface area (TPSA) is 64.9 Å². The molecule has 0 aliphatic heterocycles. The summed E-state index contributed by atoms with van der Waals surface area (Å²) >= 11 is 0. The molecule has 0 spiro atoms. The van der Waals surface area contributed by atoms with Crippen LogP contribution in [0.15, 0.2) is 24.4 Å². The van der Waals surface area contributed by atoms with E-state index in [0.29, 0.717) is 12.4 Å². The average Bonchev–Trinajstić information content (AvgIpc) is 2.23. The lowest BCUT2D eigenvalue weighted by atomic mass is 10.1. The third-order valence-electron chi connectivity index (χ3n) is 2.42. The number of fused-ring (bicyclic) bond motifs is 1. The number of rotatable bonds is 1. The van der Waals surface area contributed by atoms with E-state index < -0.39 is 0 Å². The van der Waals surface area contributed by atoms with Crippen LogP contribution in [-0.2, 0) is 6.54 Å². The van der Waals surface area contributed by atoms with E-state index in [4.69, 9.17) is 11.5 Å². The molecule has 0 bridgehead atoms. The van der Waals surface area contributed by atoms with Crippen LogP contribution in [0.2, 0.25) is 0 Å². The number of aryl methyl sites for hydroxylation is 1. The molecule has 0 fully saturated rings. The normalized spacial score (nSPS) is 10.7. The fourth-order valence-corrected chi connectivity index (χ4v) is 1.58. The van der Waals surface area contributed by atoms with E-state index in [-0.39, 0.29) is 0 Å². The highest BCUT2D eigenvalue weighted by molar-refractivity contribution is 5.93. The van der Waals surface area contributed by atoms with Crippen molar-refractivity contribution in [2.75, 3.05) is 5.73 Å². The predicted molar refractivity (Wildman–Crippen MR) is 58.8 cm³/mol. The van der Waals surface area contributed by atoms with Crippen molar-refractivity contribution in [3.05, 3.63) is 35.5 Å². The van der Waals surface area contributed by atoms with E-state index >= 15 is 0 Å². The Hall–Kier alpha value is -1.61. The largest absolute Gasteiger partial charge is 0.383 e. The number of aromatic nitrogens is 1. The first-order chi connectivity index (χ1) is 6.72. The van der Waals surface area contributed by atoms with Gasteiger partial charge in [0.05, 0.1) is 0 Å². The van der Waals surface area contributed by atoms with E-state index in [2.05, 4.69) is 4.98 Å². The first-order valence-corrected chi connectivity index (χ1v) is 4.56. The van der Waals surface area contributed by atoms with Gasteiger partial charge in [-0.15, -0.1) is 0 Å². The Bertz CT molecular complexity index is 477. The fourth-order valence-electron chi connectivity index (χ4n) is 1.58. The Morgan fingerprint density at radius 1 is 1.29 bits per heavy atom. The Labute approximate surface area is 82.7 Å². The molecule has 1 aromatic carbocycles. The highest BCUT2D eigenvalue weighted by Crippen LogP contribution is 2.23. The Balaban J connectivity index is 2.80. The van der Waals surface area contributed by atoms with Crippen LogP contribution < -0.4 is 11.5 Å². The molecule has 3 nitrogen and oxygen atoms in total. The van der Waals surface area contributed by atoms with Gasteiger partial charge >= 0.3 is 0 Å². The van der Waals surface area contributed by atoms with E-state index in [9.17, 15) is 0 Å². The average molecular weight is 187 g/mol. The van der Waals surface area contributed by atoms with E-state index in [1.54, 1.807) is 6.20 Å². The third-order valence-corrected chi connectivity index (χ3v) is 2.42. The molecule has 0 amide bonds. The van der Waals surface area contributed by atoms with Crippen LogP contribution in [0.1, 0.15) is 11.1 Å². The summed E-state index contributed by atoms with van der Waals surface area (Å²) in [4.78, 5) is 4.12. The molecule has 0 aliphatic rings. The molecule has 0 saturated carbocycles. The van der Waals surface area contributed by atoms with Crippen molar-refractivity contribution in [1.29, 1.82) is 0 Å². The van der Waals surface area contributed by atoms with E-state index in [1.165, 1.54) is 0 Å². The summed E-state index contributed by atoms with van der Waals surface area (Å²) in [5.41, 5.74) is 13.6. The van der Waals surface area contributed by atoms with Crippen molar-refractivity contribution in [2.24, 2.45) is 5.73 Å². The number of nitrogen functional groups attached to an aromatic ring is 1. The summed E-state index contributed by atoms with van der Waals surface area (Å²) in [6, 6.07) is 6.07. The summed E-state index contributed by atoms with van der Waals surface area (Å²) in [6.45, 7) is 2.56. The van der Waals surface area contributed by atoms with Gasteiger partial charge in [0.15, 0.2) is 0 Å². The lowest BCUT2D eigenvalue weighted by Gasteiger charge is -2.06. The van der Waals surface area contributed by atoms with Crippen molar-refractivity contribution >= 4 is 16.6 Å². The second kappa shape index (κ2) is 3.27. The summed E-state index contributed by atoms with van der Waals surface area (Å²) < 4.78 is 0. The van der Waals surface area contributed by atoms with Gasteiger partial charge in [-0.1, -0.05) is 12.1 Å². The first kappa shape index (κ1) is 8.97. The number of nitrogens with zero attached hydrogens (tertiary/aromatic N) is 1. The van der Waals surface area contributed by atoms with Gasteiger partial charge in [-0.3, -0.25) is 0 Å². The molecule has 4 N–H and O–H groups in total. The standard InChI is InChI=1S/C11H13N3/c1-7-6-14-11(13)10-4-8(5-12)2-3-9(7)10/h2-4,6H,5,12H2,1H3,(H2,13,14). The lowest BCUT2D eigenvalue weighted by molar-refractivity contribution is 1.07. The lowest BCUT2D eigenvalue weighted by Crippen LogP contribution is -1.98. The van der Waals surface area contributed by atoms with Gasteiger partial charge in [0, 0.05) is 18.1 Å². The molecule has 2 aromatic rings. The number of hydrogen-bond acceptors (Lipinski definition) is 3. The molecular weight excluding hydrogens is 174 g/mol. The maximum Gasteiger partial charge on any atom is 0.131 e.